The second-order valence-corrected chi connectivity index (χ2v) is 10.5. The minimum Gasteiger partial charge on any atom is -0.462 e. The van der Waals surface area contributed by atoms with Gasteiger partial charge in [-0.15, -0.1) is 0 Å². The number of halogens is 2. The molecule has 0 aliphatic carbocycles. The monoisotopic (exact) mass is 568 g/mol. The van der Waals surface area contributed by atoms with Crippen molar-refractivity contribution >= 4 is 29.0 Å². The molecule has 0 unspecified atom stereocenters. The number of anilines is 1. The molecule has 0 amide bonds. The third kappa shape index (κ3) is 9.73. The number of hydrogen-bond donors (Lipinski definition) is 2. The summed E-state index contributed by atoms with van der Waals surface area (Å²) in [6.45, 7) is 4.95. The number of benzene rings is 3. The van der Waals surface area contributed by atoms with Crippen molar-refractivity contribution in [3.8, 4) is 0 Å². The summed E-state index contributed by atoms with van der Waals surface area (Å²) in [6, 6.07) is 19.8. The van der Waals surface area contributed by atoms with Crippen LogP contribution in [0.4, 0.5) is 10.1 Å². The third-order valence-corrected chi connectivity index (χ3v) is 7.24. The van der Waals surface area contributed by atoms with E-state index < -0.39 is 5.60 Å². The SMILES string of the molecule is CCCCOC(=O)c1ccc(N)cc1.O=C(CCCN1CCC(O)(c2ccc(Cl)cc2)CC1)c1ccc(F)cc1. The zero-order chi connectivity index (χ0) is 29.0. The van der Waals surface area contributed by atoms with Gasteiger partial charge in [-0.3, -0.25) is 4.79 Å². The Labute approximate surface area is 240 Å². The predicted molar refractivity (Wildman–Crippen MR) is 157 cm³/mol. The molecule has 1 saturated heterocycles. The maximum atomic E-state index is 12.9. The number of piperidine rings is 1. The second kappa shape index (κ2) is 15.5. The van der Waals surface area contributed by atoms with Crippen LogP contribution < -0.4 is 5.73 Å². The van der Waals surface area contributed by atoms with Crippen LogP contribution in [-0.4, -0.2) is 48.0 Å². The van der Waals surface area contributed by atoms with E-state index in [1.54, 1.807) is 24.3 Å². The Balaban J connectivity index is 0.000000267. The zero-order valence-corrected chi connectivity index (χ0v) is 23.7. The first-order valence-corrected chi connectivity index (χ1v) is 14.1. The van der Waals surface area contributed by atoms with Crippen molar-refractivity contribution in [2.75, 3.05) is 32.0 Å². The number of hydrogen-bond acceptors (Lipinski definition) is 6. The lowest BCUT2D eigenvalue weighted by Gasteiger charge is -2.38. The number of carbonyl (C=O) groups is 2. The number of likely N-dealkylation sites (tertiary alicyclic amines) is 1. The highest BCUT2D eigenvalue weighted by molar-refractivity contribution is 6.30. The topological polar surface area (TPSA) is 92.9 Å². The lowest BCUT2D eigenvalue weighted by atomic mass is 9.84. The summed E-state index contributed by atoms with van der Waals surface area (Å²) < 4.78 is 17.9. The molecule has 8 heteroatoms. The number of rotatable bonds is 10. The quantitative estimate of drug-likeness (QED) is 0.123. The highest BCUT2D eigenvalue weighted by Crippen LogP contribution is 2.33. The first kappa shape index (κ1) is 31.3. The van der Waals surface area contributed by atoms with Gasteiger partial charge in [0.1, 0.15) is 5.82 Å². The van der Waals surface area contributed by atoms with Crippen molar-refractivity contribution in [2.24, 2.45) is 0 Å². The van der Waals surface area contributed by atoms with Gasteiger partial charge in [-0.25, -0.2) is 9.18 Å². The summed E-state index contributed by atoms with van der Waals surface area (Å²) in [7, 11) is 0. The van der Waals surface area contributed by atoms with Crippen LogP contribution in [0.2, 0.25) is 5.02 Å². The summed E-state index contributed by atoms with van der Waals surface area (Å²) in [4.78, 5) is 25.8. The van der Waals surface area contributed by atoms with Crippen LogP contribution >= 0.6 is 11.6 Å². The van der Waals surface area contributed by atoms with Gasteiger partial charge in [-0.2, -0.15) is 0 Å². The molecule has 1 heterocycles. The maximum Gasteiger partial charge on any atom is 0.338 e. The van der Waals surface area contributed by atoms with E-state index in [1.807, 2.05) is 24.3 Å². The molecule has 1 aliphatic rings. The molecule has 1 fully saturated rings. The minimum absolute atomic E-state index is 0.0414. The van der Waals surface area contributed by atoms with Gasteiger partial charge in [0.05, 0.1) is 17.8 Å². The number of nitrogens with two attached hydrogens (primary N) is 1. The average molecular weight is 569 g/mol. The molecule has 0 spiro atoms. The van der Waals surface area contributed by atoms with E-state index in [2.05, 4.69) is 11.8 Å². The molecule has 0 radical (unpaired) electrons. The van der Waals surface area contributed by atoms with Gasteiger partial charge in [-0.05, 0) is 98.5 Å². The number of ether oxygens (including phenoxy) is 1. The molecule has 0 saturated carbocycles. The smallest absolute Gasteiger partial charge is 0.338 e. The molecule has 0 bridgehead atoms. The Kier molecular flexibility index (Phi) is 12.1. The largest absolute Gasteiger partial charge is 0.462 e. The van der Waals surface area contributed by atoms with Crippen LogP contribution in [0.15, 0.2) is 72.8 Å². The molecule has 0 atom stereocenters. The van der Waals surface area contributed by atoms with Gasteiger partial charge in [-0.1, -0.05) is 37.1 Å². The van der Waals surface area contributed by atoms with Crippen molar-refractivity contribution in [1.29, 1.82) is 0 Å². The normalized spacial score (nSPS) is 14.6. The molecule has 0 aromatic heterocycles. The number of ketones is 1. The van der Waals surface area contributed by atoms with E-state index >= 15 is 0 Å². The van der Waals surface area contributed by atoms with Gasteiger partial charge in [0.2, 0.25) is 0 Å². The Hall–Kier alpha value is -3.26. The number of nitrogens with zero attached hydrogens (tertiary/aromatic N) is 1. The van der Waals surface area contributed by atoms with Crippen molar-refractivity contribution in [3.63, 3.8) is 0 Å². The Morgan fingerprint density at radius 2 is 1.55 bits per heavy atom. The van der Waals surface area contributed by atoms with Crippen LogP contribution in [-0.2, 0) is 10.3 Å². The zero-order valence-electron chi connectivity index (χ0n) is 23.0. The van der Waals surface area contributed by atoms with Crippen LogP contribution in [0, 0.1) is 5.82 Å². The molecule has 40 heavy (non-hydrogen) atoms. The van der Waals surface area contributed by atoms with Gasteiger partial charge in [0.15, 0.2) is 5.78 Å². The van der Waals surface area contributed by atoms with E-state index in [-0.39, 0.29) is 17.6 Å². The molecule has 3 aromatic rings. The fourth-order valence-corrected chi connectivity index (χ4v) is 4.58. The van der Waals surface area contributed by atoms with Crippen LogP contribution in [0.5, 0.6) is 0 Å². The summed E-state index contributed by atoms with van der Waals surface area (Å²) >= 11 is 5.92. The summed E-state index contributed by atoms with van der Waals surface area (Å²) in [5.41, 5.74) is 7.36. The fourth-order valence-electron chi connectivity index (χ4n) is 4.45. The van der Waals surface area contributed by atoms with E-state index in [1.165, 1.54) is 24.3 Å². The molecule has 6 nitrogen and oxygen atoms in total. The molecular formula is C32H38ClFN2O4. The van der Waals surface area contributed by atoms with E-state index in [9.17, 15) is 19.1 Å². The number of unbranched alkanes of at least 4 members (excludes halogenated alkanes) is 1. The summed E-state index contributed by atoms with van der Waals surface area (Å²) in [5.74, 6) is -0.568. The van der Waals surface area contributed by atoms with Gasteiger partial charge < -0.3 is 20.5 Å². The highest BCUT2D eigenvalue weighted by Gasteiger charge is 2.33. The van der Waals surface area contributed by atoms with Crippen LogP contribution in [0.3, 0.4) is 0 Å². The first-order valence-electron chi connectivity index (χ1n) is 13.7. The number of nitrogen functional groups attached to an aromatic ring is 1. The summed E-state index contributed by atoms with van der Waals surface area (Å²) in [6.07, 6.45) is 4.47. The highest BCUT2D eigenvalue weighted by atomic mass is 35.5. The first-order chi connectivity index (χ1) is 19.2. The molecule has 3 N–H and O–H groups in total. The molecule has 3 aromatic carbocycles. The third-order valence-electron chi connectivity index (χ3n) is 6.99. The Bertz CT molecular complexity index is 1210. The molecular weight excluding hydrogens is 531 g/mol. The number of aliphatic hydroxyl groups is 1. The summed E-state index contributed by atoms with van der Waals surface area (Å²) in [5, 5.41) is 11.5. The molecule has 4 rings (SSSR count). The van der Waals surface area contributed by atoms with Crippen molar-refractivity contribution < 1.29 is 23.8 Å². The van der Waals surface area contributed by atoms with Crippen LogP contribution in [0.1, 0.15) is 71.7 Å². The lowest BCUT2D eigenvalue weighted by molar-refractivity contribution is -0.0260. The molecule has 1 aliphatic heterocycles. The van der Waals surface area contributed by atoms with Gasteiger partial charge >= 0.3 is 5.97 Å². The Morgan fingerprint density at radius 1 is 0.950 bits per heavy atom. The predicted octanol–water partition coefficient (Wildman–Crippen LogP) is 6.65. The van der Waals surface area contributed by atoms with E-state index in [4.69, 9.17) is 22.1 Å². The Morgan fingerprint density at radius 3 is 2.15 bits per heavy atom. The minimum atomic E-state index is -0.801. The molecule has 214 valence electrons. The van der Waals surface area contributed by atoms with Crippen molar-refractivity contribution in [1.82, 2.24) is 4.90 Å². The van der Waals surface area contributed by atoms with E-state index in [0.29, 0.717) is 47.7 Å². The maximum absolute atomic E-state index is 12.9. The number of Topliss-reactive ketones (excluding diaryl/α,β-unsaturated/α-hetero) is 1. The second-order valence-electron chi connectivity index (χ2n) is 10.0. The number of esters is 1. The lowest BCUT2D eigenvalue weighted by Crippen LogP contribution is -2.42. The van der Waals surface area contributed by atoms with Gasteiger partial charge in [0.25, 0.3) is 0 Å². The number of carbonyl (C=O) groups excluding carboxylic acids is 2. The van der Waals surface area contributed by atoms with E-state index in [0.717, 1.165) is 44.5 Å². The van der Waals surface area contributed by atoms with Crippen LogP contribution in [0.25, 0.3) is 0 Å². The van der Waals surface area contributed by atoms with Crippen molar-refractivity contribution in [3.05, 3.63) is 100 Å². The fraction of sp³-hybridized carbons (Fsp3) is 0.375. The average Bonchev–Trinajstić information content (AvgIpc) is 2.95. The van der Waals surface area contributed by atoms with Crippen molar-refractivity contribution in [2.45, 2.75) is 51.0 Å². The standard InChI is InChI=1S/C21H23ClFNO2.C11H15NO2/c22-18-7-5-17(6-8-18)21(26)11-14-24(15-12-21)13-1-2-20(25)16-3-9-19(23)10-4-16;1-2-3-8-14-11(13)9-4-6-10(12)7-5-9/h3-10,26H,1-2,11-15H2;4-7H,2-3,8,12H2,1H3. The van der Waals surface area contributed by atoms with Gasteiger partial charge in [0, 0.05) is 35.8 Å².